The van der Waals surface area contributed by atoms with Gasteiger partial charge in [-0.25, -0.2) is 9.78 Å². The molecule has 6 nitrogen and oxygen atoms in total. The van der Waals surface area contributed by atoms with Crippen molar-refractivity contribution in [3.05, 3.63) is 84.3 Å². The molecule has 142 valence electrons. The van der Waals surface area contributed by atoms with Crippen LogP contribution >= 0.6 is 0 Å². The summed E-state index contributed by atoms with van der Waals surface area (Å²) in [6, 6.07) is 19.0. The van der Waals surface area contributed by atoms with Gasteiger partial charge in [0.25, 0.3) is 0 Å². The number of rotatable bonds is 4. The number of para-hydroxylation sites is 1. The van der Waals surface area contributed by atoms with E-state index in [1.807, 2.05) is 18.2 Å². The fourth-order valence-corrected chi connectivity index (χ4v) is 3.71. The highest BCUT2D eigenvalue weighted by atomic mass is 16.4. The lowest BCUT2D eigenvalue weighted by atomic mass is 9.92. The number of anilines is 1. The van der Waals surface area contributed by atoms with Gasteiger partial charge in [-0.05, 0) is 30.3 Å². The van der Waals surface area contributed by atoms with Gasteiger partial charge in [-0.1, -0.05) is 30.3 Å². The Labute approximate surface area is 167 Å². The lowest BCUT2D eigenvalue weighted by Crippen LogP contribution is -2.46. The van der Waals surface area contributed by atoms with Gasteiger partial charge in [0, 0.05) is 42.4 Å². The van der Waals surface area contributed by atoms with E-state index in [0.717, 1.165) is 46.8 Å². The van der Waals surface area contributed by atoms with Crippen molar-refractivity contribution in [1.29, 1.82) is 0 Å². The van der Waals surface area contributed by atoms with Crippen LogP contribution in [-0.4, -0.2) is 39.1 Å². The molecule has 0 saturated carbocycles. The molecular formula is C23H18N4O2. The molecule has 6 heteroatoms. The summed E-state index contributed by atoms with van der Waals surface area (Å²) in [5, 5.41) is 10.2. The summed E-state index contributed by atoms with van der Waals surface area (Å²) in [7, 11) is 0. The Balaban J connectivity index is 1.38. The van der Waals surface area contributed by atoms with Crippen molar-refractivity contribution in [1.82, 2.24) is 15.0 Å². The SMILES string of the molecule is O=C(O)c1ccc(-c2nccnc2C2CN(c3ccc4ccccc4n3)C2)cc1. The summed E-state index contributed by atoms with van der Waals surface area (Å²) in [6.45, 7) is 1.65. The Bertz CT molecular complexity index is 1200. The van der Waals surface area contributed by atoms with Crippen LogP contribution in [0.2, 0.25) is 0 Å². The highest BCUT2D eigenvalue weighted by Crippen LogP contribution is 2.34. The number of hydrogen-bond acceptors (Lipinski definition) is 5. The van der Waals surface area contributed by atoms with Crippen LogP contribution in [0.4, 0.5) is 5.82 Å². The lowest BCUT2D eigenvalue weighted by molar-refractivity contribution is 0.0697. The molecule has 1 aliphatic rings. The molecule has 3 heterocycles. The minimum Gasteiger partial charge on any atom is -0.478 e. The number of carbonyl (C=O) groups is 1. The largest absolute Gasteiger partial charge is 0.478 e. The van der Waals surface area contributed by atoms with Crippen molar-refractivity contribution in [2.45, 2.75) is 5.92 Å². The minimum atomic E-state index is -0.937. The highest BCUT2D eigenvalue weighted by Gasteiger charge is 2.32. The van der Waals surface area contributed by atoms with Crippen LogP contribution in [0.25, 0.3) is 22.2 Å². The van der Waals surface area contributed by atoms with Crippen LogP contribution in [0.1, 0.15) is 22.0 Å². The first-order chi connectivity index (χ1) is 14.2. The monoisotopic (exact) mass is 382 g/mol. The second-order valence-corrected chi connectivity index (χ2v) is 7.14. The van der Waals surface area contributed by atoms with Crippen molar-refractivity contribution >= 4 is 22.7 Å². The van der Waals surface area contributed by atoms with Crippen molar-refractivity contribution in [2.75, 3.05) is 18.0 Å². The van der Waals surface area contributed by atoms with Gasteiger partial charge in [0.05, 0.1) is 22.5 Å². The van der Waals surface area contributed by atoms with E-state index in [1.165, 1.54) is 0 Å². The number of hydrogen-bond donors (Lipinski definition) is 1. The van der Waals surface area contributed by atoms with Crippen LogP contribution in [0.15, 0.2) is 73.1 Å². The molecular weight excluding hydrogens is 364 g/mol. The molecule has 0 unspecified atom stereocenters. The molecule has 4 aromatic rings. The van der Waals surface area contributed by atoms with Crippen LogP contribution < -0.4 is 4.90 Å². The normalized spacial score (nSPS) is 14.0. The second-order valence-electron chi connectivity index (χ2n) is 7.14. The van der Waals surface area contributed by atoms with Crippen LogP contribution in [0.3, 0.4) is 0 Å². The Morgan fingerprint density at radius 2 is 1.69 bits per heavy atom. The molecule has 0 aliphatic carbocycles. The second kappa shape index (κ2) is 6.98. The zero-order chi connectivity index (χ0) is 19.8. The summed E-state index contributed by atoms with van der Waals surface area (Å²) in [5.41, 5.74) is 3.87. The molecule has 0 amide bonds. The summed E-state index contributed by atoms with van der Waals surface area (Å²) < 4.78 is 0. The molecule has 1 N–H and O–H groups in total. The van der Waals surface area contributed by atoms with Gasteiger partial charge in [0.15, 0.2) is 0 Å². The van der Waals surface area contributed by atoms with E-state index in [2.05, 4.69) is 33.1 Å². The molecule has 2 aromatic heterocycles. The lowest BCUT2D eigenvalue weighted by Gasteiger charge is -2.40. The molecule has 0 bridgehead atoms. The van der Waals surface area contributed by atoms with E-state index in [0.29, 0.717) is 0 Å². The molecule has 5 rings (SSSR count). The average molecular weight is 382 g/mol. The number of aromatic nitrogens is 3. The Morgan fingerprint density at radius 3 is 2.48 bits per heavy atom. The zero-order valence-electron chi connectivity index (χ0n) is 15.6. The van der Waals surface area contributed by atoms with Gasteiger partial charge in [-0.15, -0.1) is 0 Å². The number of nitrogens with zero attached hydrogens (tertiary/aromatic N) is 4. The number of carboxylic acid groups (broad SMARTS) is 1. The average Bonchev–Trinajstić information content (AvgIpc) is 2.73. The summed E-state index contributed by atoms with van der Waals surface area (Å²) in [4.78, 5) is 27.2. The van der Waals surface area contributed by atoms with Crippen molar-refractivity contribution in [2.24, 2.45) is 0 Å². The molecule has 0 spiro atoms. The predicted octanol–water partition coefficient (Wildman–Crippen LogP) is 3.99. The van der Waals surface area contributed by atoms with E-state index in [1.54, 1.807) is 36.7 Å². The molecule has 1 fully saturated rings. The van der Waals surface area contributed by atoms with Crippen molar-refractivity contribution in [3.63, 3.8) is 0 Å². The number of benzene rings is 2. The minimum absolute atomic E-state index is 0.256. The van der Waals surface area contributed by atoms with Crippen LogP contribution in [-0.2, 0) is 0 Å². The summed E-state index contributed by atoms with van der Waals surface area (Å²) in [5.74, 6) is 0.288. The van der Waals surface area contributed by atoms with Crippen molar-refractivity contribution < 1.29 is 9.90 Å². The van der Waals surface area contributed by atoms with Gasteiger partial charge in [0.2, 0.25) is 0 Å². The van der Waals surface area contributed by atoms with E-state index in [-0.39, 0.29) is 11.5 Å². The fourth-order valence-electron chi connectivity index (χ4n) is 3.71. The first-order valence-corrected chi connectivity index (χ1v) is 9.44. The summed E-state index contributed by atoms with van der Waals surface area (Å²) >= 11 is 0. The zero-order valence-corrected chi connectivity index (χ0v) is 15.6. The quantitative estimate of drug-likeness (QED) is 0.575. The van der Waals surface area contributed by atoms with Gasteiger partial charge in [-0.2, -0.15) is 0 Å². The third kappa shape index (κ3) is 3.18. The third-order valence-electron chi connectivity index (χ3n) is 5.31. The first kappa shape index (κ1) is 17.3. The molecule has 0 radical (unpaired) electrons. The number of pyridine rings is 1. The Morgan fingerprint density at radius 1 is 0.931 bits per heavy atom. The third-order valence-corrected chi connectivity index (χ3v) is 5.31. The Hall–Kier alpha value is -3.80. The topological polar surface area (TPSA) is 79.2 Å². The molecule has 0 atom stereocenters. The van der Waals surface area contributed by atoms with Gasteiger partial charge in [0.1, 0.15) is 5.82 Å². The molecule has 1 aliphatic heterocycles. The van der Waals surface area contributed by atoms with E-state index in [9.17, 15) is 4.79 Å². The van der Waals surface area contributed by atoms with Gasteiger partial charge in [-0.3, -0.25) is 9.97 Å². The number of aromatic carboxylic acids is 1. The van der Waals surface area contributed by atoms with Gasteiger partial charge >= 0.3 is 5.97 Å². The first-order valence-electron chi connectivity index (χ1n) is 9.44. The van der Waals surface area contributed by atoms with Gasteiger partial charge < -0.3 is 10.0 Å². The van der Waals surface area contributed by atoms with E-state index >= 15 is 0 Å². The maximum atomic E-state index is 11.1. The fraction of sp³-hybridized carbons (Fsp3) is 0.130. The predicted molar refractivity (Wildman–Crippen MR) is 111 cm³/mol. The summed E-state index contributed by atoms with van der Waals surface area (Å²) in [6.07, 6.45) is 3.38. The number of carboxylic acids is 1. The number of fused-ring (bicyclic) bond motifs is 1. The molecule has 29 heavy (non-hydrogen) atoms. The van der Waals surface area contributed by atoms with Crippen LogP contribution in [0.5, 0.6) is 0 Å². The molecule has 1 saturated heterocycles. The van der Waals surface area contributed by atoms with Crippen LogP contribution in [0, 0.1) is 0 Å². The molecule has 2 aromatic carbocycles. The Kier molecular flexibility index (Phi) is 4.17. The highest BCUT2D eigenvalue weighted by molar-refractivity contribution is 5.88. The maximum absolute atomic E-state index is 11.1. The van der Waals surface area contributed by atoms with E-state index < -0.39 is 5.97 Å². The van der Waals surface area contributed by atoms with E-state index in [4.69, 9.17) is 10.1 Å². The smallest absolute Gasteiger partial charge is 0.335 e. The maximum Gasteiger partial charge on any atom is 0.335 e. The van der Waals surface area contributed by atoms with Crippen molar-refractivity contribution in [3.8, 4) is 11.3 Å². The standard InChI is InChI=1S/C23H18N4O2/c28-23(29)17-7-5-16(6-8-17)21-22(25-12-11-24-21)18-13-27(14-18)20-10-9-15-3-1-2-4-19(15)26-20/h1-12,18H,13-14H2,(H,28,29).